The van der Waals surface area contributed by atoms with Crippen molar-refractivity contribution < 1.29 is 4.39 Å². The van der Waals surface area contributed by atoms with Gasteiger partial charge in [0.05, 0.1) is 5.71 Å². The Morgan fingerprint density at radius 2 is 2.00 bits per heavy atom. The molecule has 2 N–H and O–H groups in total. The molecule has 98 valence electrons. The molecule has 0 spiro atoms. The first-order chi connectivity index (χ1) is 8.63. The molecule has 0 heterocycles. The summed E-state index contributed by atoms with van der Waals surface area (Å²) in [6, 6.07) is 6.19. The van der Waals surface area contributed by atoms with Crippen LogP contribution in [0.5, 0.6) is 0 Å². The second-order valence-electron chi connectivity index (χ2n) is 3.93. The summed E-state index contributed by atoms with van der Waals surface area (Å²) in [7, 11) is 0. The van der Waals surface area contributed by atoms with Crippen molar-refractivity contribution in [1.29, 1.82) is 0 Å². The molecule has 0 aliphatic rings. The summed E-state index contributed by atoms with van der Waals surface area (Å²) in [5.41, 5.74) is 4.39. The molecule has 0 amide bonds. The van der Waals surface area contributed by atoms with Gasteiger partial charge in [-0.25, -0.2) is 4.39 Å². The van der Waals surface area contributed by atoms with Gasteiger partial charge in [0.25, 0.3) is 0 Å². The predicted molar refractivity (Wildman–Crippen MR) is 77.3 cm³/mol. The minimum atomic E-state index is -0.253. The van der Waals surface area contributed by atoms with Crippen LogP contribution in [0.3, 0.4) is 0 Å². The summed E-state index contributed by atoms with van der Waals surface area (Å²) >= 11 is 5.07. The van der Waals surface area contributed by atoms with E-state index in [2.05, 4.69) is 22.8 Å². The molecule has 1 aromatic carbocycles. The van der Waals surface area contributed by atoms with Gasteiger partial charge in [0.15, 0.2) is 5.11 Å². The van der Waals surface area contributed by atoms with E-state index in [9.17, 15) is 4.39 Å². The number of benzene rings is 1. The molecule has 0 aliphatic carbocycles. The van der Waals surface area contributed by atoms with Gasteiger partial charge in [-0.3, -0.25) is 5.43 Å². The van der Waals surface area contributed by atoms with E-state index in [1.807, 2.05) is 6.92 Å². The maximum Gasteiger partial charge on any atom is 0.186 e. The number of hydrogen-bond acceptors (Lipinski definition) is 2. The third-order valence-electron chi connectivity index (χ3n) is 2.40. The van der Waals surface area contributed by atoms with Crippen LogP contribution in [-0.2, 0) is 0 Å². The molecule has 5 heteroatoms. The fourth-order valence-electron chi connectivity index (χ4n) is 1.31. The minimum Gasteiger partial charge on any atom is -0.361 e. The summed E-state index contributed by atoms with van der Waals surface area (Å²) in [5, 5.41) is 7.70. The highest BCUT2D eigenvalue weighted by Crippen LogP contribution is 2.03. The van der Waals surface area contributed by atoms with Crippen LogP contribution in [0.25, 0.3) is 0 Å². The normalized spacial score (nSPS) is 11.2. The maximum absolute atomic E-state index is 12.8. The lowest BCUT2D eigenvalue weighted by Gasteiger charge is -2.07. The first-order valence-electron chi connectivity index (χ1n) is 5.97. The zero-order chi connectivity index (χ0) is 13.4. The number of hydrogen-bond donors (Lipinski definition) is 2. The van der Waals surface area contributed by atoms with Gasteiger partial charge in [0.2, 0.25) is 0 Å². The van der Waals surface area contributed by atoms with Crippen molar-refractivity contribution in [3.8, 4) is 0 Å². The van der Waals surface area contributed by atoms with Crippen molar-refractivity contribution in [1.82, 2.24) is 10.7 Å². The second-order valence-corrected chi connectivity index (χ2v) is 4.33. The van der Waals surface area contributed by atoms with Crippen molar-refractivity contribution in [2.24, 2.45) is 5.10 Å². The van der Waals surface area contributed by atoms with E-state index in [0.717, 1.165) is 30.7 Å². The predicted octanol–water partition coefficient (Wildman–Crippen LogP) is 2.81. The van der Waals surface area contributed by atoms with Crippen LogP contribution >= 0.6 is 12.2 Å². The Morgan fingerprint density at radius 1 is 1.33 bits per heavy atom. The Kier molecular flexibility index (Phi) is 6.28. The van der Waals surface area contributed by atoms with E-state index in [1.54, 1.807) is 12.1 Å². The van der Waals surface area contributed by atoms with Crippen molar-refractivity contribution in [2.75, 3.05) is 6.54 Å². The number of unbranched alkanes of at least 4 members (excludes halogenated alkanes) is 1. The first kappa shape index (κ1) is 14.6. The molecule has 0 fully saturated rings. The topological polar surface area (TPSA) is 36.4 Å². The third-order valence-corrected chi connectivity index (χ3v) is 2.64. The van der Waals surface area contributed by atoms with Crippen LogP contribution in [0.15, 0.2) is 29.4 Å². The first-order valence-corrected chi connectivity index (χ1v) is 6.38. The number of nitrogens with one attached hydrogen (secondary N) is 2. The average Bonchev–Trinajstić information content (AvgIpc) is 2.37. The molecule has 0 atom stereocenters. The van der Waals surface area contributed by atoms with E-state index in [0.29, 0.717) is 5.11 Å². The largest absolute Gasteiger partial charge is 0.361 e. The number of hydrazone groups is 1. The van der Waals surface area contributed by atoms with Gasteiger partial charge in [0.1, 0.15) is 5.82 Å². The Balaban J connectivity index is 2.46. The lowest BCUT2D eigenvalue weighted by atomic mass is 10.1. The zero-order valence-corrected chi connectivity index (χ0v) is 11.5. The van der Waals surface area contributed by atoms with E-state index >= 15 is 0 Å². The molecule has 0 radical (unpaired) electrons. The van der Waals surface area contributed by atoms with Crippen molar-refractivity contribution in [2.45, 2.75) is 26.7 Å². The van der Waals surface area contributed by atoms with E-state index < -0.39 is 0 Å². The van der Waals surface area contributed by atoms with Gasteiger partial charge in [-0.05, 0) is 43.3 Å². The molecular weight excluding hydrogens is 249 g/mol. The van der Waals surface area contributed by atoms with Crippen LogP contribution in [0.4, 0.5) is 4.39 Å². The Bertz CT molecular complexity index is 415. The van der Waals surface area contributed by atoms with Crippen LogP contribution in [0.1, 0.15) is 32.3 Å². The molecule has 18 heavy (non-hydrogen) atoms. The molecular formula is C13H18FN3S. The fraction of sp³-hybridized carbons (Fsp3) is 0.385. The molecule has 0 aromatic heterocycles. The standard InChI is InChI=1S/C13H18FN3S/c1-3-4-9-15-13(18)17-16-10(2)11-5-7-12(14)8-6-11/h5-8H,3-4,9H2,1-2H3,(H2,15,17,18)/b16-10+. The van der Waals surface area contributed by atoms with Gasteiger partial charge in [-0.1, -0.05) is 25.5 Å². The fourth-order valence-corrected chi connectivity index (χ4v) is 1.46. The van der Waals surface area contributed by atoms with E-state index in [-0.39, 0.29) is 5.82 Å². The van der Waals surface area contributed by atoms with Gasteiger partial charge in [-0.15, -0.1) is 0 Å². The molecule has 0 saturated heterocycles. The second kappa shape index (κ2) is 7.76. The Hall–Kier alpha value is -1.49. The Morgan fingerprint density at radius 3 is 2.61 bits per heavy atom. The van der Waals surface area contributed by atoms with Crippen LogP contribution < -0.4 is 10.7 Å². The summed E-state index contributed by atoms with van der Waals surface area (Å²) in [5.74, 6) is -0.253. The van der Waals surface area contributed by atoms with Gasteiger partial charge < -0.3 is 5.32 Å². The van der Waals surface area contributed by atoms with E-state index in [1.165, 1.54) is 12.1 Å². The van der Waals surface area contributed by atoms with Gasteiger partial charge in [-0.2, -0.15) is 5.10 Å². The van der Waals surface area contributed by atoms with Gasteiger partial charge in [0, 0.05) is 6.54 Å². The number of halogens is 1. The number of rotatable bonds is 5. The molecule has 1 aromatic rings. The van der Waals surface area contributed by atoms with E-state index in [4.69, 9.17) is 12.2 Å². The summed E-state index contributed by atoms with van der Waals surface area (Å²) in [4.78, 5) is 0. The third kappa shape index (κ3) is 5.23. The summed E-state index contributed by atoms with van der Waals surface area (Å²) < 4.78 is 12.8. The quantitative estimate of drug-likeness (QED) is 0.373. The van der Waals surface area contributed by atoms with Crippen molar-refractivity contribution in [3.05, 3.63) is 35.6 Å². The molecule has 0 unspecified atom stereocenters. The van der Waals surface area contributed by atoms with Gasteiger partial charge >= 0.3 is 0 Å². The van der Waals surface area contributed by atoms with Crippen LogP contribution in [0, 0.1) is 5.82 Å². The summed E-state index contributed by atoms with van der Waals surface area (Å²) in [6.07, 6.45) is 2.19. The minimum absolute atomic E-state index is 0.253. The number of thiocarbonyl (C=S) groups is 1. The zero-order valence-electron chi connectivity index (χ0n) is 10.7. The van der Waals surface area contributed by atoms with Crippen molar-refractivity contribution >= 4 is 23.0 Å². The molecule has 0 bridgehead atoms. The monoisotopic (exact) mass is 267 g/mol. The lowest BCUT2D eigenvalue weighted by Crippen LogP contribution is -2.33. The summed E-state index contributed by atoms with van der Waals surface area (Å²) in [6.45, 7) is 4.80. The Labute approximate surface area is 112 Å². The molecule has 0 saturated carbocycles. The lowest BCUT2D eigenvalue weighted by molar-refractivity contribution is 0.628. The van der Waals surface area contributed by atoms with Crippen molar-refractivity contribution in [3.63, 3.8) is 0 Å². The molecule has 1 rings (SSSR count). The highest BCUT2D eigenvalue weighted by Gasteiger charge is 1.98. The average molecular weight is 267 g/mol. The number of nitrogens with zero attached hydrogens (tertiary/aromatic N) is 1. The maximum atomic E-state index is 12.8. The highest BCUT2D eigenvalue weighted by molar-refractivity contribution is 7.80. The highest BCUT2D eigenvalue weighted by atomic mass is 32.1. The van der Waals surface area contributed by atoms with Crippen LogP contribution in [-0.4, -0.2) is 17.4 Å². The smallest absolute Gasteiger partial charge is 0.186 e. The molecule has 3 nitrogen and oxygen atoms in total. The molecule has 0 aliphatic heterocycles. The SMILES string of the molecule is CCCCNC(=S)N/N=C(\C)c1ccc(F)cc1. The van der Waals surface area contributed by atoms with Crippen LogP contribution in [0.2, 0.25) is 0 Å².